The Hall–Kier alpha value is -2.05. The third kappa shape index (κ3) is 3.86. The molecule has 0 radical (unpaired) electrons. The van der Waals surface area contributed by atoms with E-state index in [0.29, 0.717) is 28.7 Å². The number of aryl methyl sites for hydroxylation is 2. The van der Waals surface area contributed by atoms with E-state index < -0.39 is 6.10 Å². The first-order valence-electron chi connectivity index (χ1n) is 8.31. The molecular weight excluding hydrogens is 375 g/mol. The molecule has 1 aromatic heterocycles. The van der Waals surface area contributed by atoms with Crippen LogP contribution in [0.4, 0.5) is 0 Å². The summed E-state index contributed by atoms with van der Waals surface area (Å²) in [6.07, 6.45) is 0.451. The average molecular weight is 395 g/mol. The molecule has 1 aromatic carbocycles. The number of rotatable bonds is 5. The zero-order valence-corrected chi connectivity index (χ0v) is 16.4. The molecule has 0 spiro atoms. The quantitative estimate of drug-likeness (QED) is 0.846. The van der Waals surface area contributed by atoms with Crippen molar-refractivity contribution in [2.45, 2.75) is 32.8 Å². The van der Waals surface area contributed by atoms with Gasteiger partial charge in [-0.1, -0.05) is 34.4 Å². The van der Waals surface area contributed by atoms with Crippen LogP contribution in [-0.2, 0) is 23.1 Å². The van der Waals surface area contributed by atoms with Crippen LogP contribution < -0.4 is 5.32 Å². The first-order chi connectivity index (χ1) is 12.4. The van der Waals surface area contributed by atoms with Gasteiger partial charge in [-0.05, 0) is 38.0 Å². The molecule has 26 heavy (non-hydrogen) atoms. The number of benzene rings is 1. The fourth-order valence-electron chi connectivity index (χ4n) is 3.00. The van der Waals surface area contributed by atoms with E-state index >= 15 is 0 Å². The van der Waals surface area contributed by atoms with Gasteiger partial charge in [0.2, 0.25) is 6.10 Å². The number of nitrogens with one attached hydrogen (secondary N) is 1. The summed E-state index contributed by atoms with van der Waals surface area (Å²) in [4.78, 5) is 17.6. The summed E-state index contributed by atoms with van der Waals surface area (Å²) in [6.45, 7) is 4.51. The number of carbonyl (C=O) groups excluding carboxylic acids is 1. The largest absolute Gasteiger partial charge is 0.382 e. The summed E-state index contributed by atoms with van der Waals surface area (Å²) >= 11 is 12.1. The van der Waals surface area contributed by atoms with Crippen LogP contribution in [0.3, 0.4) is 0 Å². The molecule has 1 N–H and O–H groups in total. The highest BCUT2D eigenvalue weighted by Crippen LogP contribution is 2.26. The highest BCUT2D eigenvalue weighted by molar-refractivity contribution is 6.37. The smallest absolute Gasteiger partial charge is 0.264 e. The van der Waals surface area contributed by atoms with Gasteiger partial charge >= 0.3 is 0 Å². The number of hydrogen-bond acceptors (Lipinski definition) is 4. The highest BCUT2D eigenvalue weighted by Gasteiger charge is 2.29. The van der Waals surface area contributed by atoms with Crippen molar-refractivity contribution in [3.05, 3.63) is 50.8 Å². The second kappa shape index (κ2) is 7.68. The average Bonchev–Trinajstić information content (AvgIpc) is 3.15. The second-order valence-corrected chi connectivity index (χ2v) is 7.12. The highest BCUT2D eigenvalue weighted by atomic mass is 35.5. The van der Waals surface area contributed by atoms with Gasteiger partial charge < -0.3 is 10.2 Å². The Kier molecular flexibility index (Phi) is 5.53. The van der Waals surface area contributed by atoms with E-state index in [-0.39, 0.29) is 5.91 Å². The topological polar surface area (TPSA) is 68.5 Å². The van der Waals surface area contributed by atoms with Crippen LogP contribution in [-0.4, -0.2) is 34.0 Å². The molecule has 138 valence electrons. The van der Waals surface area contributed by atoms with Crippen LogP contribution >= 0.6 is 23.2 Å². The minimum absolute atomic E-state index is 0.187. The second-order valence-electron chi connectivity index (χ2n) is 6.27. The van der Waals surface area contributed by atoms with Crippen molar-refractivity contribution in [3.8, 4) is 0 Å². The number of nitrogens with zero attached hydrogens (tertiary/aromatic N) is 3. The van der Waals surface area contributed by atoms with Crippen LogP contribution in [0.1, 0.15) is 28.9 Å². The van der Waals surface area contributed by atoms with Crippen LogP contribution in [0.25, 0.3) is 0 Å². The van der Waals surface area contributed by atoms with Crippen molar-refractivity contribution in [2.24, 2.45) is 12.2 Å². The summed E-state index contributed by atoms with van der Waals surface area (Å²) < 4.78 is 1.85. The van der Waals surface area contributed by atoms with Gasteiger partial charge in [-0.15, -0.1) is 0 Å². The summed E-state index contributed by atoms with van der Waals surface area (Å²) in [5.41, 5.74) is 4.62. The molecule has 1 aliphatic heterocycles. The lowest BCUT2D eigenvalue weighted by Gasteiger charge is -2.10. The van der Waals surface area contributed by atoms with Crippen molar-refractivity contribution >= 4 is 34.8 Å². The predicted molar refractivity (Wildman–Crippen MR) is 102 cm³/mol. The van der Waals surface area contributed by atoms with Gasteiger partial charge in [-0.25, -0.2) is 0 Å². The number of aromatic nitrogens is 2. The molecule has 6 nitrogen and oxygen atoms in total. The van der Waals surface area contributed by atoms with Gasteiger partial charge in [-0.3, -0.25) is 9.48 Å². The molecule has 1 atom stereocenters. The van der Waals surface area contributed by atoms with Gasteiger partial charge in [-0.2, -0.15) is 5.10 Å². The standard InChI is InChI=1S/C18H20Cl2N4O2/c1-10-13(11(2)24(3)22-10)6-7-21-18(25)17-9-16(23-26-17)14-5-4-12(19)8-15(14)20/h4-5,8,17H,6-7,9H2,1-3H3,(H,21,25). The number of carbonyl (C=O) groups is 1. The van der Waals surface area contributed by atoms with Gasteiger partial charge in [0.15, 0.2) is 0 Å². The molecule has 0 aliphatic carbocycles. The van der Waals surface area contributed by atoms with E-state index in [4.69, 9.17) is 28.0 Å². The van der Waals surface area contributed by atoms with Crippen LogP contribution in [0, 0.1) is 13.8 Å². The number of oxime groups is 1. The molecule has 2 aromatic rings. The first-order valence-corrected chi connectivity index (χ1v) is 9.07. The monoisotopic (exact) mass is 394 g/mol. The number of hydrogen-bond donors (Lipinski definition) is 1. The Morgan fingerprint density at radius 1 is 1.38 bits per heavy atom. The fraction of sp³-hybridized carbons (Fsp3) is 0.389. The van der Waals surface area contributed by atoms with Crippen molar-refractivity contribution in [1.82, 2.24) is 15.1 Å². The summed E-state index contributed by atoms with van der Waals surface area (Å²) in [5, 5.41) is 12.3. The molecule has 0 saturated carbocycles. The maximum Gasteiger partial charge on any atom is 0.264 e. The lowest BCUT2D eigenvalue weighted by atomic mass is 10.0. The van der Waals surface area contributed by atoms with Crippen molar-refractivity contribution in [1.29, 1.82) is 0 Å². The lowest BCUT2D eigenvalue weighted by molar-refractivity contribution is -0.131. The van der Waals surface area contributed by atoms with E-state index in [1.54, 1.807) is 18.2 Å². The Morgan fingerprint density at radius 3 is 2.81 bits per heavy atom. The lowest BCUT2D eigenvalue weighted by Crippen LogP contribution is -2.36. The van der Waals surface area contributed by atoms with Gasteiger partial charge in [0, 0.05) is 36.3 Å². The Labute approximate surface area is 162 Å². The van der Waals surface area contributed by atoms with E-state index in [2.05, 4.69) is 15.6 Å². The Bertz CT molecular complexity index is 876. The molecule has 0 fully saturated rings. The maximum absolute atomic E-state index is 12.3. The first kappa shape index (κ1) is 18.7. The zero-order valence-electron chi connectivity index (χ0n) is 14.8. The van der Waals surface area contributed by atoms with E-state index in [1.807, 2.05) is 25.6 Å². The predicted octanol–water partition coefficient (Wildman–Crippen LogP) is 3.20. The van der Waals surface area contributed by atoms with E-state index in [1.165, 1.54) is 0 Å². The van der Waals surface area contributed by atoms with Crippen molar-refractivity contribution < 1.29 is 9.63 Å². The molecular formula is C18H20Cl2N4O2. The van der Waals surface area contributed by atoms with Crippen molar-refractivity contribution in [3.63, 3.8) is 0 Å². The van der Waals surface area contributed by atoms with E-state index in [9.17, 15) is 4.79 Å². The third-order valence-electron chi connectivity index (χ3n) is 4.54. The van der Waals surface area contributed by atoms with Gasteiger partial charge in [0.1, 0.15) is 0 Å². The van der Waals surface area contributed by atoms with Crippen LogP contribution in [0.15, 0.2) is 23.4 Å². The molecule has 1 unspecified atom stereocenters. The Morgan fingerprint density at radius 2 is 2.15 bits per heavy atom. The Balaban J connectivity index is 1.54. The molecule has 0 bridgehead atoms. The maximum atomic E-state index is 12.3. The molecule has 2 heterocycles. The molecule has 1 aliphatic rings. The minimum atomic E-state index is -0.646. The summed E-state index contributed by atoms with van der Waals surface area (Å²) in [6, 6.07) is 5.16. The van der Waals surface area contributed by atoms with Crippen molar-refractivity contribution in [2.75, 3.05) is 6.54 Å². The minimum Gasteiger partial charge on any atom is -0.382 e. The SMILES string of the molecule is Cc1nn(C)c(C)c1CCNC(=O)C1CC(c2ccc(Cl)cc2Cl)=NO1. The van der Waals surface area contributed by atoms with E-state index in [0.717, 1.165) is 28.9 Å². The normalized spacial score (nSPS) is 16.3. The fourth-order valence-corrected chi connectivity index (χ4v) is 3.52. The molecule has 0 saturated heterocycles. The molecule has 8 heteroatoms. The summed E-state index contributed by atoms with van der Waals surface area (Å²) in [7, 11) is 1.91. The van der Waals surface area contributed by atoms with Gasteiger partial charge in [0.25, 0.3) is 5.91 Å². The molecule has 1 amide bonds. The van der Waals surface area contributed by atoms with Crippen LogP contribution in [0.2, 0.25) is 10.0 Å². The van der Waals surface area contributed by atoms with Crippen LogP contribution in [0.5, 0.6) is 0 Å². The molecule has 3 rings (SSSR count). The number of halogens is 2. The van der Waals surface area contributed by atoms with Gasteiger partial charge in [0.05, 0.1) is 16.4 Å². The number of amides is 1. The third-order valence-corrected chi connectivity index (χ3v) is 5.08. The summed E-state index contributed by atoms with van der Waals surface area (Å²) in [5.74, 6) is -0.187. The zero-order chi connectivity index (χ0) is 18.8.